The van der Waals surface area contributed by atoms with E-state index in [1.54, 1.807) is 0 Å². The fourth-order valence-corrected chi connectivity index (χ4v) is 5.72. The molecule has 0 amide bonds. The van der Waals surface area contributed by atoms with Gasteiger partial charge in [-0.25, -0.2) is 0 Å². The lowest BCUT2D eigenvalue weighted by molar-refractivity contribution is -0.342. The third kappa shape index (κ3) is 4.26. The van der Waals surface area contributed by atoms with Crippen molar-refractivity contribution in [2.75, 3.05) is 26.4 Å². The summed E-state index contributed by atoms with van der Waals surface area (Å²) in [6.45, 7) is -1.64. The van der Waals surface area contributed by atoms with Crippen molar-refractivity contribution < 1.29 is 64.6 Å². The van der Waals surface area contributed by atoms with E-state index in [1.807, 2.05) is 0 Å². The van der Waals surface area contributed by atoms with E-state index in [-0.39, 0.29) is 26.1 Å². The van der Waals surface area contributed by atoms with Crippen molar-refractivity contribution in [2.45, 2.75) is 80.0 Å². The Kier molecular flexibility index (Phi) is 7.54. The highest BCUT2D eigenvalue weighted by Crippen LogP contribution is 2.54. The molecule has 1 aliphatic carbocycles. The SMILES string of the molecule is O=C(O)[C@H]1CC[C@H]2[C@@H](C1)O[C@@]1(C[C@H](O)[C@H](CO[C@@H]3O[C@H](CO)[C@@H](O)[C@H](O)[C@H]3O)CO1)[C@]2(O)CO. The minimum absolute atomic E-state index is 0.150. The van der Waals surface area contributed by atoms with Crippen LogP contribution in [-0.2, 0) is 23.7 Å². The van der Waals surface area contributed by atoms with E-state index in [9.17, 15) is 45.6 Å². The van der Waals surface area contributed by atoms with Crippen molar-refractivity contribution in [1.29, 1.82) is 0 Å². The van der Waals surface area contributed by atoms with Crippen LogP contribution in [0.15, 0.2) is 0 Å². The van der Waals surface area contributed by atoms with Crippen LogP contribution >= 0.6 is 0 Å². The lowest BCUT2D eigenvalue weighted by Gasteiger charge is -2.47. The molecule has 196 valence electrons. The van der Waals surface area contributed by atoms with Gasteiger partial charge in [0.25, 0.3) is 0 Å². The summed E-state index contributed by atoms with van der Waals surface area (Å²) in [5.74, 6) is -4.51. The van der Waals surface area contributed by atoms with E-state index >= 15 is 0 Å². The number of aliphatic hydroxyl groups is 7. The number of ether oxygens (including phenoxy) is 4. The summed E-state index contributed by atoms with van der Waals surface area (Å²) in [4.78, 5) is 11.4. The second kappa shape index (κ2) is 9.82. The van der Waals surface area contributed by atoms with E-state index in [0.29, 0.717) is 12.8 Å². The van der Waals surface area contributed by atoms with Crippen LogP contribution in [0, 0.1) is 17.8 Å². The average Bonchev–Trinajstić information content (AvgIpc) is 3.05. The van der Waals surface area contributed by atoms with Crippen molar-refractivity contribution in [3.63, 3.8) is 0 Å². The number of aliphatic hydroxyl groups excluding tert-OH is 6. The van der Waals surface area contributed by atoms with Gasteiger partial charge in [-0.1, -0.05) is 0 Å². The lowest BCUT2D eigenvalue weighted by atomic mass is 9.70. The molecule has 3 heterocycles. The Morgan fingerprint density at radius 1 is 1.06 bits per heavy atom. The highest BCUT2D eigenvalue weighted by Gasteiger charge is 2.68. The van der Waals surface area contributed by atoms with Gasteiger partial charge in [-0.3, -0.25) is 4.79 Å². The van der Waals surface area contributed by atoms with Gasteiger partial charge in [0.2, 0.25) is 5.79 Å². The van der Waals surface area contributed by atoms with Gasteiger partial charge in [-0.2, -0.15) is 0 Å². The number of rotatable bonds is 6. The highest BCUT2D eigenvalue weighted by molar-refractivity contribution is 5.70. The van der Waals surface area contributed by atoms with Gasteiger partial charge in [0.1, 0.15) is 30.0 Å². The number of hydrogen-bond acceptors (Lipinski definition) is 12. The van der Waals surface area contributed by atoms with Gasteiger partial charge in [-0.15, -0.1) is 0 Å². The van der Waals surface area contributed by atoms with Gasteiger partial charge in [0, 0.05) is 18.3 Å². The van der Waals surface area contributed by atoms with Crippen LogP contribution in [0.3, 0.4) is 0 Å². The van der Waals surface area contributed by atoms with Crippen molar-refractivity contribution in [3.8, 4) is 0 Å². The molecule has 3 saturated heterocycles. The lowest BCUT2D eigenvalue weighted by Crippen LogP contribution is -2.63. The summed E-state index contributed by atoms with van der Waals surface area (Å²) in [6.07, 6.45) is -8.39. The maximum Gasteiger partial charge on any atom is 0.306 e. The highest BCUT2D eigenvalue weighted by atomic mass is 16.7. The molecule has 13 nitrogen and oxygen atoms in total. The Labute approximate surface area is 195 Å². The molecule has 3 aliphatic heterocycles. The first-order valence-electron chi connectivity index (χ1n) is 11.5. The predicted molar refractivity (Wildman–Crippen MR) is 108 cm³/mol. The number of fused-ring (bicyclic) bond motifs is 1. The summed E-state index contributed by atoms with van der Waals surface area (Å²) in [5, 5.41) is 80.7. The van der Waals surface area contributed by atoms with E-state index in [4.69, 9.17) is 18.9 Å². The number of hydrogen-bond donors (Lipinski definition) is 8. The first-order chi connectivity index (χ1) is 16.1. The zero-order valence-electron chi connectivity index (χ0n) is 18.5. The summed E-state index contributed by atoms with van der Waals surface area (Å²) in [6, 6.07) is 0. The van der Waals surface area contributed by atoms with Gasteiger partial charge < -0.3 is 59.8 Å². The number of carbonyl (C=O) groups is 1. The summed E-state index contributed by atoms with van der Waals surface area (Å²) < 4.78 is 22.7. The van der Waals surface area contributed by atoms with Crippen LogP contribution < -0.4 is 0 Å². The van der Waals surface area contributed by atoms with Gasteiger partial charge in [0.05, 0.1) is 44.6 Å². The molecular weight excluding hydrogens is 460 g/mol. The molecule has 4 aliphatic rings. The normalized spacial score (nSPS) is 51.4. The van der Waals surface area contributed by atoms with Crippen molar-refractivity contribution in [2.24, 2.45) is 17.8 Å². The molecule has 4 rings (SSSR count). The van der Waals surface area contributed by atoms with Crippen LogP contribution in [0.2, 0.25) is 0 Å². The first-order valence-corrected chi connectivity index (χ1v) is 11.5. The van der Waals surface area contributed by atoms with Crippen LogP contribution in [0.4, 0.5) is 0 Å². The van der Waals surface area contributed by atoms with E-state index in [1.165, 1.54) is 0 Å². The van der Waals surface area contributed by atoms with E-state index in [0.717, 1.165) is 0 Å². The summed E-state index contributed by atoms with van der Waals surface area (Å²) in [7, 11) is 0. The molecule has 0 aromatic carbocycles. The third-order valence-electron chi connectivity index (χ3n) is 7.87. The largest absolute Gasteiger partial charge is 0.481 e. The predicted octanol–water partition coefficient (Wildman–Crippen LogP) is -3.48. The van der Waals surface area contributed by atoms with E-state index < -0.39 is 91.2 Å². The standard InChI is InChI=1S/C21H34O13/c22-5-14-15(25)16(26)17(27)19(33-14)31-6-10-7-32-21(4-12(10)24)20(30,8-23)11-2-1-9(18(28)29)3-13(11)34-21/h9-17,19,22-27,30H,1-8H2,(H,28,29)/t9-,10+,11-,12-,13+,14+,15+,16-,17+,19+,20-,21-/m0/s1. The first kappa shape index (κ1) is 26.1. The van der Waals surface area contributed by atoms with Crippen molar-refractivity contribution >= 4 is 5.97 Å². The minimum Gasteiger partial charge on any atom is -0.481 e. The van der Waals surface area contributed by atoms with Gasteiger partial charge in [-0.05, 0) is 19.3 Å². The van der Waals surface area contributed by atoms with Crippen LogP contribution in [-0.4, -0.2) is 128 Å². The molecule has 1 spiro atoms. The maximum absolute atomic E-state index is 11.4. The Hall–Kier alpha value is -0.970. The van der Waals surface area contributed by atoms with E-state index in [2.05, 4.69) is 0 Å². The Balaban J connectivity index is 1.40. The van der Waals surface area contributed by atoms with Gasteiger partial charge >= 0.3 is 5.97 Å². The molecule has 0 bridgehead atoms. The molecular formula is C21H34O13. The number of carboxylic acid groups (broad SMARTS) is 1. The Bertz CT molecular complexity index is 735. The Morgan fingerprint density at radius 2 is 1.79 bits per heavy atom. The van der Waals surface area contributed by atoms with Crippen molar-refractivity contribution in [1.82, 2.24) is 0 Å². The molecule has 0 aromatic heterocycles. The smallest absolute Gasteiger partial charge is 0.306 e. The second-order valence-electron chi connectivity index (χ2n) is 9.82. The van der Waals surface area contributed by atoms with Crippen LogP contribution in [0.5, 0.6) is 0 Å². The molecule has 13 heteroatoms. The number of carboxylic acids is 1. The Morgan fingerprint density at radius 3 is 2.41 bits per heavy atom. The quantitative estimate of drug-likeness (QED) is 0.180. The summed E-state index contributed by atoms with van der Waals surface area (Å²) >= 11 is 0. The maximum atomic E-state index is 11.4. The molecule has 12 atom stereocenters. The molecule has 34 heavy (non-hydrogen) atoms. The van der Waals surface area contributed by atoms with Gasteiger partial charge in [0.15, 0.2) is 6.29 Å². The topological polar surface area (TPSA) is 216 Å². The monoisotopic (exact) mass is 494 g/mol. The molecule has 0 aromatic rings. The average molecular weight is 494 g/mol. The third-order valence-corrected chi connectivity index (χ3v) is 7.87. The molecule has 0 unspecified atom stereocenters. The zero-order chi connectivity index (χ0) is 24.8. The summed E-state index contributed by atoms with van der Waals surface area (Å²) in [5.41, 5.74) is -1.83. The van der Waals surface area contributed by atoms with Crippen LogP contribution in [0.25, 0.3) is 0 Å². The zero-order valence-corrected chi connectivity index (χ0v) is 18.5. The van der Waals surface area contributed by atoms with Crippen molar-refractivity contribution in [3.05, 3.63) is 0 Å². The fraction of sp³-hybridized carbons (Fsp3) is 0.952. The fourth-order valence-electron chi connectivity index (χ4n) is 5.72. The number of aliphatic carboxylic acids is 1. The molecule has 4 fully saturated rings. The minimum atomic E-state index is -1.83. The molecule has 0 radical (unpaired) electrons. The molecule has 8 N–H and O–H groups in total. The second-order valence-corrected chi connectivity index (χ2v) is 9.82. The molecule has 1 saturated carbocycles. The van der Waals surface area contributed by atoms with Crippen LogP contribution in [0.1, 0.15) is 25.7 Å².